The number of benzene rings is 2. The summed E-state index contributed by atoms with van der Waals surface area (Å²) in [5, 5.41) is 9.46. The van der Waals surface area contributed by atoms with Crippen LogP contribution in [0.3, 0.4) is 0 Å². The highest BCUT2D eigenvalue weighted by Crippen LogP contribution is 2.41. The standard InChI is InChI=1S/C25H31NO/c1-3-5-19-6-8-20(9-7-19)21-10-12-22(13-11-21)23-14-15-25(27-16-4-2)24(17-23)18-26/h6-9,14-15,17,21-22H,3-5,10-13,16H2,1-2H3/t21-,22-. The quantitative estimate of drug-likeness (QED) is 0.547. The van der Waals surface area contributed by atoms with Gasteiger partial charge in [-0.3, -0.25) is 0 Å². The SMILES string of the molecule is CCCOc1ccc([C@H]2CC[C@H](c3ccc(CCC)cc3)CC2)cc1C#N. The van der Waals surface area contributed by atoms with E-state index in [0.29, 0.717) is 24.0 Å². The maximum Gasteiger partial charge on any atom is 0.137 e. The Hall–Kier alpha value is -2.27. The van der Waals surface area contributed by atoms with Crippen LogP contribution in [0.15, 0.2) is 42.5 Å². The molecule has 2 heteroatoms. The molecule has 2 aromatic carbocycles. The molecular formula is C25H31NO. The lowest BCUT2D eigenvalue weighted by Gasteiger charge is -2.29. The molecule has 0 saturated heterocycles. The lowest BCUT2D eigenvalue weighted by molar-refractivity contribution is 0.316. The number of aryl methyl sites for hydroxylation is 1. The highest BCUT2D eigenvalue weighted by Gasteiger charge is 2.24. The summed E-state index contributed by atoms with van der Waals surface area (Å²) < 4.78 is 5.70. The lowest BCUT2D eigenvalue weighted by atomic mass is 9.76. The van der Waals surface area contributed by atoms with E-state index in [2.05, 4.69) is 56.3 Å². The molecule has 3 rings (SSSR count). The minimum atomic E-state index is 0.563. The third kappa shape index (κ3) is 4.92. The fourth-order valence-corrected chi connectivity index (χ4v) is 4.23. The lowest BCUT2D eigenvalue weighted by Crippen LogP contribution is -2.12. The molecule has 0 aliphatic heterocycles. The average molecular weight is 362 g/mol. The average Bonchev–Trinajstić information content (AvgIpc) is 2.73. The largest absolute Gasteiger partial charge is 0.492 e. The third-order valence-electron chi connectivity index (χ3n) is 5.77. The van der Waals surface area contributed by atoms with Gasteiger partial charge in [-0.1, -0.05) is 50.6 Å². The van der Waals surface area contributed by atoms with Gasteiger partial charge in [0.25, 0.3) is 0 Å². The first-order chi connectivity index (χ1) is 13.2. The highest BCUT2D eigenvalue weighted by molar-refractivity contribution is 5.46. The Labute approximate surface area is 164 Å². The van der Waals surface area contributed by atoms with Crippen LogP contribution < -0.4 is 4.74 Å². The molecule has 2 nitrogen and oxygen atoms in total. The van der Waals surface area contributed by atoms with E-state index in [1.807, 2.05) is 6.07 Å². The minimum Gasteiger partial charge on any atom is -0.492 e. The fraction of sp³-hybridized carbons (Fsp3) is 0.480. The van der Waals surface area contributed by atoms with Gasteiger partial charge in [-0.2, -0.15) is 5.26 Å². The zero-order chi connectivity index (χ0) is 19.1. The summed E-state index contributed by atoms with van der Waals surface area (Å²) in [6, 6.07) is 17.8. The third-order valence-corrected chi connectivity index (χ3v) is 5.77. The molecule has 0 amide bonds. The van der Waals surface area contributed by atoms with Crippen molar-refractivity contribution in [3.8, 4) is 11.8 Å². The van der Waals surface area contributed by atoms with Crippen molar-refractivity contribution >= 4 is 0 Å². The molecule has 27 heavy (non-hydrogen) atoms. The van der Waals surface area contributed by atoms with E-state index in [0.717, 1.165) is 12.2 Å². The van der Waals surface area contributed by atoms with Crippen molar-refractivity contribution in [3.63, 3.8) is 0 Å². The number of hydrogen-bond acceptors (Lipinski definition) is 2. The Balaban J connectivity index is 1.62. The van der Waals surface area contributed by atoms with Gasteiger partial charge in [-0.25, -0.2) is 0 Å². The first kappa shape index (κ1) is 19.5. The second kappa shape index (κ2) is 9.60. The summed E-state index contributed by atoms with van der Waals surface area (Å²) in [7, 11) is 0. The van der Waals surface area contributed by atoms with Gasteiger partial charge in [0.2, 0.25) is 0 Å². The minimum absolute atomic E-state index is 0.563. The molecule has 1 fully saturated rings. The normalized spacial score (nSPS) is 19.4. The molecule has 0 N–H and O–H groups in total. The molecule has 2 aromatic rings. The van der Waals surface area contributed by atoms with E-state index >= 15 is 0 Å². The maximum atomic E-state index is 9.46. The highest BCUT2D eigenvalue weighted by atomic mass is 16.5. The van der Waals surface area contributed by atoms with Crippen molar-refractivity contribution in [1.29, 1.82) is 5.26 Å². The number of hydrogen-bond donors (Lipinski definition) is 0. The second-order valence-corrected chi connectivity index (χ2v) is 7.76. The molecule has 1 aliphatic rings. The number of ether oxygens (including phenoxy) is 1. The van der Waals surface area contributed by atoms with Gasteiger partial charge >= 0.3 is 0 Å². The van der Waals surface area contributed by atoms with Crippen LogP contribution in [0.1, 0.15) is 86.5 Å². The molecule has 0 heterocycles. The van der Waals surface area contributed by atoms with E-state index in [9.17, 15) is 5.26 Å². The molecule has 0 bridgehead atoms. The van der Waals surface area contributed by atoms with Crippen molar-refractivity contribution in [2.75, 3.05) is 6.61 Å². The Kier molecular flexibility index (Phi) is 6.93. The smallest absolute Gasteiger partial charge is 0.137 e. The molecule has 1 aliphatic carbocycles. The molecular weight excluding hydrogens is 330 g/mol. The molecule has 1 saturated carbocycles. The van der Waals surface area contributed by atoms with Gasteiger partial charge in [0.15, 0.2) is 0 Å². The summed E-state index contributed by atoms with van der Waals surface area (Å²) >= 11 is 0. The molecule has 0 radical (unpaired) electrons. The fourth-order valence-electron chi connectivity index (χ4n) is 4.23. The van der Waals surface area contributed by atoms with E-state index in [1.165, 1.54) is 55.2 Å². The van der Waals surface area contributed by atoms with Crippen LogP contribution in [0, 0.1) is 11.3 Å². The van der Waals surface area contributed by atoms with Crippen molar-refractivity contribution in [1.82, 2.24) is 0 Å². The Morgan fingerprint density at radius 2 is 1.52 bits per heavy atom. The van der Waals surface area contributed by atoms with Crippen LogP contribution >= 0.6 is 0 Å². The van der Waals surface area contributed by atoms with E-state index in [1.54, 1.807) is 0 Å². The van der Waals surface area contributed by atoms with E-state index < -0.39 is 0 Å². The molecule has 0 spiro atoms. The predicted molar refractivity (Wildman–Crippen MR) is 111 cm³/mol. The Morgan fingerprint density at radius 1 is 0.889 bits per heavy atom. The monoisotopic (exact) mass is 361 g/mol. The van der Waals surface area contributed by atoms with Crippen LogP contribution in [0.25, 0.3) is 0 Å². The predicted octanol–water partition coefficient (Wildman–Crippen LogP) is 6.74. The summed E-state index contributed by atoms with van der Waals surface area (Å²) in [4.78, 5) is 0. The van der Waals surface area contributed by atoms with Crippen LogP contribution in [0.5, 0.6) is 5.75 Å². The summed E-state index contributed by atoms with van der Waals surface area (Å²) in [6.07, 6.45) is 8.18. The van der Waals surface area contributed by atoms with Crippen LogP contribution in [0.4, 0.5) is 0 Å². The van der Waals surface area contributed by atoms with Gasteiger partial charge in [0.1, 0.15) is 11.8 Å². The summed E-state index contributed by atoms with van der Waals surface area (Å²) in [5.74, 6) is 1.97. The second-order valence-electron chi connectivity index (χ2n) is 7.76. The van der Waals surface area contributed by atoms with Crippen molar-refractivity contribution in [2.24, 2.45) is 0 Å². The molecule has 0 atom stereocenters. The number of rotatable bonds is 7. The van der Waals surface area contributed by atoms with Crippen molar-refractivity contribution < 1.29 is 4.74 Å². The maximum absolute atomic E-state index is 9.46. The number of nitrogens with zero attached hydrogens (tertiary/aromatic N) is 1. The van der Waals surface area contributed by atoms with E-state index in [-0.39, 0.29) is 0 Å². The molecule has 0 aromatic heterocycles. The van der Waals surface area contributed by atoms with Gasteiger partial charge in [-0.15, -0.1) is 0 Å². The van der Waals surface area contributed by atoms with Crippen molar-refractivity contribution in [2.45, 2.75) is 70.6 Å². The molecule has 0 unspecified atom stereocenters. The summed E-state index contributed by atoms with van der Waals surface area (Å²) in [6.45, 7) is 4.97. The summed E-state index contributed by atoms with van der Waals surface area (Å²) in [5.41, 5.74) is 4.92. The first-order valence-electron chi connectivity index (χ1n) is 10.5. The van der Waals surface area contributed by atoms with Crippen LogP contribution in [0.2, 0.25) is 0 Å². The topological polar surface area (TPSA) is 33.0 Å². The van der Waals surface area contributed by atoms with E-state index in [4.69, 9.17) is 4.74 Å². The zero-order valence-corrected chi connectivity index (χ0v) is 16.7. The van der Waals surface area contributed by atoms with Gasteiger partial charge in [0.05, 0.1) is 12.2 Å². The van der Waals surface area contributed by atoms with Gasteiger partial charge in [-0.05, 0) is 79.2 Å². The van der Waals surface area contributed by atoms with Crippen LogP contribution in [-0.2, 0) is 6.42 Å². The number of nitriles is 1. The zero-order valence-electron chi connectivity index (χ0n) is 16.7. The van der Waals surface area contributed by atoms with Crippen LogP contribution in [-0.4, -0.2) is 6.61 Å². The van der Waals surface area contributed by atoms with Gasteiger partial charge in [0, 0.05) is 0 Å². The van der Waals surface area contributed by atoms with Crippen molar-refractivity contribution in [3.05, 3.63) is 64.7 Å². The first-order valence-corrected chi connectivity index (χ1v) is 10.5. The Morgan fingerprint density at radius 3 is 2.11 bits per heavy atom. The Bertz CT molecular complexity index is 764. The molecule has 142 valence electrons. The van der Waals surface area contributed by atoms with Gasteiger partial charge < -0.3 is 4.74 Å².